The van der Waals surface area contributed by atoms with E-state index in [0.717, 1.165) is 16.2 Å². The molecule has 0 radical (unpaired) electrons. The molecule has 0 aliphatic heterocycles. The fourth-order valence-corrected chi connectivity index (χ4v) is 3.78. The number of amides is 1. The lowest BCUT2D eigenvalue weighted by molar-refractivity contribution is -0.142. The summed E-state index contributed by atoms with van der Waals surface area (Å²) in [6.45, 7) is 2.08. The van der Waals surface area contributed by atoms with Crippen molar-refractivity contribution < 1.29 is 14.3 Å². The number of esters is 1. The molecule has 6 nitrogen and oxygen atoms in total. The number of aromatic nitrogens is 2. The lowest BCUT2D eigenvalue weighted by atomic mass is 10.0. The summed E-state index contributed by atoms with van der Waals surface area (Å²) in [5.41, 5.74) is 1.69. The second kappa shape index (κ2) is 7.74. The van der Waals surface area contributed by atoms with E-state index in [1.165, 1.54) is 11.3 Å². The SMILES string of the molecule is CCOC(=O)Cc1csc(NC(=O)c2cc3ccccc3c3cccnc23)n1. The molecule has 4 aromatic rings. The number of hydrogen-bond acceptors (Lipinski definition) is 6. The third-order valence-electron chi connectivity index (χ3n) is 4.26. The molecule has 0 aliphatic carbocycles. The molecular formula is C21H17N3O3S. The van der Waals surface area contributed by atoms with E-state index in [2.05, 4.69) is 15.3 Å². The van der Waals surface area contributed by atoms with Gasteiger partial charge in [0.15, 0.2) is 5.13 Å². The van der Waals surface area contributed by atoms with Crippen molar-refractivity contribution >= 4 is 50.0 Å². The molecule has 2 heterocycles. The normalized spacial score (nSPS) is 10.9. The maximum absolute atomic E-state index is 12.9. The number of pyridine rings is 1. The van der Waals surface area contributed by atoms with E-state index in [4.69, 9.17) is 4.74 Å². The third kappa shape index (κ3) is 3.57. The average Bonchev–Trinajstić information content (AvgIpc) is 3.14. The standard InChI is InChI=1S/C21H17N3O3S/c1-2-27-18(25)11-14-12-28-21(23-14)24-20(26)17-10-13-6-3-4-7-15(13)16-8-5-9-22-19(16)17/h3-10,12H,2,11H2,1H3,(H,23,24,26). The van der Waals surface area contributed by atoms with Gasteiger partial charge in [0.2, 0.25) is 0 Å². The first-order valence-electron chi connectivity index (χ1n) is 8.83. The Labute approximate surface area is 165 Å². The number of ether oxygens (including phenoxy) is 1. The van der Waals surface area contributed by atoms with Crippen LogP contribution in [0.1, 0.15) is 23.0 Å². The third-order valence-corrected chi connectivity index (χ3v) is 5.07. The molecule has 2 aromatic heterocycles. The van der Waals surface area contributed by atoms with E-state index in [-0.39, 0.29) is 18.3 Å². The Kier molecular flexibility index (Phi) is 4.99. The molecule has 140 valence electrons. The second-order valence-corrected chi connectivity index (χ2v) is 6.98. The van der Waals surface area contributed by atoms with Gasteiger partial charge in [0, 0.05) is 17.0 Å². The minimum Gasteiger partial charge on any atom is -0.466 e. The van der Waals surface area contributed by atoms with Gasteiger partial charge in [-0.25, -0.2) is 4.98 Å². The van der Waals surface area contributed by atoms with E-state index >= 15 is 0 Å². The molecule has 0 aliphatic rings. The molecule has 0 saturated carbocycles. The van der Waals surface area contributed by atoms with Gasteiger partial charge < -0.3 is 4.74 Å². The van der Waals surface area contributed by atoms with Gasteiger partial charge in [0.05, 0.1) is 29.8 Å². The van der Waals surface area contributed by atoms with Gasteiger partial charge in [0.25, 0.3) is 5.91 Å². The topological polar surface area (TPSA) is 81.2 Å². The van der Waals surface area contributed by atoms with Gasteiger partial charge in [-0.1, -0.05) is 30.3 Å². The van der Waals surface area contributed by atoms with Gasteiger partial charge in [0.1, 0.15) is 0 Å². The van der Waals surface area contributed by atoms with E-state index in [9.17, 15) is 9.59 Å². The van der Waals surface area contributed by atoms with Crippen molar-refractivity contribution in [1.29, 1.82) is 0 Å². The van der Waals surface area contributed by atoms with Crippen molar-refractivity contribution in [1.82, 2.24) is 9.97 Å². The van der Waals surface area contributed by atoms with Crippen LogP contribution in [-0.2, 0) is 16.0 Å². The fraction of sp³-hybridized carbons (Fsp3) is 0.143. The molecule has 0 fully saturated rings. The van der Waals surface area contributed by atoms with E-state index in [0.29, 0.717) is 28.5 Å². The minimum absolute atomic E-state index is 0.0840. The van der Waals surface area contributed by atoms with Gasteiger partial charge in [-0.3, -0.25) is 19.9 Å². The fourth-order valence-electron chi connectivity index (χ4n) is 3.07. The lowest BCUT2D eigenvalue weighted by Gasteiger charge is -2.09. The number of fused-ring (bicyclic) bond motifs is 3. The van der Waals surface area contributed by atoms with Crippen LogP contribution in [-0.4, -0.2) is 28.5 Å². The molecule has 4 rings (SSSR count). The molecule has 0 saturated heterocycles. The summed E-state index contributed by atoms with van der Waals surface area (Å²) in [4.78, 5) is 33.2. The van der Waals surface area contributed by atoms with Crippen LogP contribution in [0, 0.1) is 0 Å². The number of nitrogens with zero attached hydrogens (tertiary/aromatic N) is 2. The zero-order chi connectivity index (χ0) is 19.5. The molecule has 28 heavy (non-hydrogen) atoms. The van der Waals surface area contributed by atoms with Crippen LogP contribution in [0.4, 0.5) is 5.13 Å². The highest BCUT2D eigenvalue weighted by molar-refractivity contribution is 7.14. The van der Waals surface area contributed by atoms with E-state index in [1.807, 2.05) is 42.5 Å². The summed E-state index contributed by atoms with van der Waals surface area (Å²) in [7, 11) is 0. The van der Waals surface area contributed by atoms with Crippen molar-refractivity contribution in [3.63, 3.8) is 0 Å². The van der Waals surface area contributed by atoms with Crippen LogP contribution in [0.5, 0.6) is 0 Å². The van der Waals surface area contributed by atoms with Crippen LogP contribution in [0.15, 0.2) is 54.0 Å². The Morgan fingerprint density at radius 1 is 1.14 bits per heavy atom. The van der Waals surface area contributed by atoms with Crippen molar-refractivity contribution in [2.24, 2.45) is 0 Å². The van der Waals surface area contributed by atoms with Crippen LogP contribution in [0.2, 0.25) is 0 Å². The second-order valence-electron chi connectivity index (χ2n) is 6.12. The first kappa shape index (κ1) is 18.1. The van der Waals surface area contributed by atoms with Gasteiger partial charge in [-0.2, -0.15) is 0 Å². The van der Waals surface area contributed by atoms with Crippen LogP contribution < -0.4 is 5.32 Å². The number of anilines is 1. The van der Waals surface area contributed by atoms with Crippen LogP contribution in [0.25, 0.3) is 21.7 Å². The van der Waals surface area contributed by atoms with Gasteiger partial charge in [-0.05, 0) is 29.8 Å². The Morgan fingerprint density at radius 3 is 2.82 bits per heavy atom. The van der Waals surface area contributed by atoms with Crippen molar-refractivity contribution in [3.05, 3.63) is 65.3 Å². The van der Waals surface area contributed by atoms with Crippen molar-refractivity contribution in [2.75, 3.05) is 11.9 Å². The maximum atomic E-state index is 12.9. The quantitative estimate of drug-likeness (QED) is 0.407. The summed E-state index contributed by atoms with van der Waals surface area (Å²) in [6, 6.07) is 13.6. The molecule has 1 amide bonds. The number of carbonyl (C=O) groups is 2. The Morgan fingerprint density at radius 2 is 1.96 bits per heavy atom. The van der Waals surface area contributed by atoms with Crippen molar-refractivity contribution in [2.45, 2.75) is 13.3 Å². The molecule has 0 bridgehead atoms. The Balaban J connectivity index is 1.64. The number of thiazole rings is 1. The molecule has 2 aromatic carbocycles. The van der Waals surface area contributed by atoms with Gasteiger partial charge >= 0.3 is 5.97 Å². The van der Waals surface area contributed by atoms with Crippen molar-refractivity contribution in [3.8, 4) is 0 Å². The predicted octanol–water partition coefficient (Wildman–Crippen LogP) is 4.20. The highest BCUT2D eigenvalue weighted by atomic mass is 32.1. The summed E-state index contributed by atoms with van der Waals surface area (Å²) in [6.07, 6.45) is 1.76. The highest BCUT2D eigenvalue weighted by Gasteiger charge is 2.16. The monoisotopic (exact) mass is 391 g/mol. The summed E-state index contributed by atoms with van der Waals surface area (Å²) >= 11 is 1.27. The smallest absolute Gasteiger partial charge is 0.311 e. The molecule has 0 atom stereocenters. The molecule has 0 spiro atoms. The number of nitrogens with one attached hydrogen (secondary N) is 1. The Hall–Kier alpha value is -3.32. The van der Waals surface area contributed by atoms with Crippen LogP contribution >= 0.6 is 11.3 Å². The van der Waals surface area contributed by atoms with E-state index in [1.54, 1.807) is 18.5 Å². The highest BCUT2D eigenvalue weighted by Crippen LogP contribution is 2.28. The first-order chi connectivity index (χ1) is 13.7. The number of carbonyl (C=O) groups excluding carboxylic acids is 2. The van der Waals surface area contributed by atoms with E-state index < -0.39 is 0 Å². The molecular weight excluding hydrogens is 374 g/mol. The average molecular weight is 391 g/mol. The molecule has 7 heteroatoms. The van der Waals surface area contributed by atoms with Crippen LogP contribution in [0.3, 0.4) is 0 Å². The molecule has 1 N–H and O–H groups in total. The summed E-state index contributed by atoms with van der Waals surface area (Å²) in [5, 5.41) is 7.93. The zero-order valence-corrected chi connectivity index (χ0v) is 16.0. The first-order valence-corrected chi connectivity index (χ1v) is 9.71. The Bertz CT molecular complexity index is 1190. The number of benzene rings is 2. The zero-order valence-electron chi connectivity index (χ0n) is 15.1. The summed E-state index contributed by atoms with van der Waals surface area (Å²) in [5.74, 6) is -0.623. The maximum Gasteiger partial charge on any atom is 0.311 e. The largest absolute Gasteiger partial charge is 0.466 e. The predicted molar refractivity (Wildman–Crippen MR) is 110 cm³/mol. The molecule has 0 unspecified atom stereocenters. The van der Waals surface area contributed by atoms with Gasteiger partial charge in [-0.15, -0.1) is 11.3 Å². The number of hydrogen-bond donors (Lipinski definition) is 1. The summed E-state index contributed by atoms with van der Waals surface area (Å²) < 4.78 is 4.92. The lowest BCUT2D eigenvalue weighted by Crippen LogP contribution is -2.13. The minimum atomic E-state index is -0.338. The number of rotatable bonds is 5.